The zero-order valence-corrected chi connectivity index (χ0v) is 14.9. The summed E-state index contributed by atoms with van der Waals surface area (Å²) in [6.07, 6.45) is 0.911. The number of nitrogens with zero attached hydrogens (tertiary/aromatic N) is 5. The molecule has 0 aliphatic carbocycles. The average molecular weight is 354 g/mol. The average Bonchev–Trinajstić information content (AvgIpc) is 3.03. The second kappa shape index (κ2) is 7.23. The highest BCUT2D eigenvalue weighted by Crippen LogP contribution is 2.24. The molecular weight excluding hydrogens is 330 g/mol. The normalized spacial score (nSPS) is 16.9. The van der Waals surface area contributed by atoms with Crippen LogP contribution in [0.4, 0.5) is 0 Å². The lowest BCUT2D eigenvalue weighted by molar-refractivity contribution is 0.0916. The van der Waals surface area contributed by atoms with E-state index in [4.69, 9.17) is 16.7 Å². The van der Waals surface area contributed by atoms with Gasteiger partial charge in [-0.05, 0) is 18.9 Å². The van der Waals surface area contributed by atoms with Crippen LogP contribution in [-0.4, -0.2) is 47.8 Å². The van der Waals surface area contributed by atoms with Gasteiger partial charge in [-0.1, -0.05) is 18.5 Å². The molecule has 1 aliphatic rings. The first kappa shape index (κ1) is 17.4. The standard InChI is InChI=1S/C16H24ClN5O2/c1-3-13-12(16(17)20(2)18-13)9-21-5-4-6-22-11(8-21)7-14(19-22)15(24)10-23/h7,15,23-24H,3-6,8-10H2,1-2H3/t15-/m0/s1. The second-order valence-corrected chi connectivity index (χ2v) is 6.60. The highest BCUT2D eigenvalue weighted by molar-refractivity contribution is 6.30. The molecule has 132 valence electrons. The van der Waals surface area contributed by atoms with Crippen molar-refractivity contribution in [1.29, 1.82) is 0 Å². The molecule has 2 N–H and O–H groups in total. The monoisotopic (exact) mass is 353 g/mol. The molecule has 1 atom stereocenters. The van der Waals surface area contributed by atoms with Gasteiger partial charge in [-0.2, -0.15) is 10.2 Å². The number of hydrogen-bond acceptors (Lipinski definition) is 5. The highest BCUT2D eigenvalue weighted by Gasteiger charge is 2.22. The Morgan fingerprint density at radius 2 is 2.12 bits per heavy atom. The van der Waals surface area contributed by atoms with Gasteiger partial charge in [0.15, 0.2) is 0 Å². The molecule has 0 saturated carbocycles. The Hall–Kier alpha value is -1.41. The van der Waals surface area contributed by atoms with Crippen LogP contribution in [0.5, 0.6) is 0 Å². The maximum atomic E-state index is 9.79. The van der Waals surface area contributed by atoms with Crippen LogP contribution >= 0.6 is 11.6 Å². The van der Waals surface area contributed by atoms with Gasteiger partial charge in [0.25, 0.3) is 0 Å². The van der Waals surface area contributed by atoms with Gasteiger partial charge >= 0.3 is 0 Å². The Morgan fingerprint density at radius 1 is 1.33 bits per heavy atom. The van der Waals surface area contributed by atoms with Crippen molar-refractivity contribution in [2.45, 2.75) is 45.5 Å². The van der Waals surface area contributed by atoms with Crippen LogP contribution in [0.1, 0.15) is 42.1 Å². The molecule has 0 aromatic carbocycles. The van der Waals surface area contributed by atoms with E-state index >= 15 is 0 Å². The first-order valence-electron chi connectivity index (χ1n) is 8.31. The molecule has 1 aliphatic heterocycles. The number of aliphatic hydroxyl groups excluding tert-OH is 2. The van der Waals surface area contributed by atoms with E-state index in [1.807, 2.05) is 17.8 Å². The predicted molar refractivity (Wildman–Crippen MR) is 90.6 cm³/mol. The molecule has 8 heteroatoms. The SMILES string of the molecule is CCc1nn(C)c(Cl)c1CN1CCCn2nc([C@@H](O)CO)cc2C1. The van der Waals surface area contributed by atoms with Gasteiger partial charge in [-0.3, -0.25) is 14.3 Å². The molecule has 24 heavy (non-hydrogen) atoms. The predicted octanol–water partition coefficient (Wildman–Crippen LogP) is 1.26. The lowest BCUT2D eigenvalue weighted by Gasteiger charge is -2.19. The number of rotatable bonds is 5. The number of hydrogen-bond donors (Lipinski definition) is 2. The van der Waals surface area contributed by atoms with Gasteiger partial charge in [0, 0.05) is 38.8 Å². The molecule has 2 aromatic rings. The number of aliphatic hydroxyl groups is 2. The summed E-state index contributed by atoms with van der Waals surface area (Å²) < 4.78 is 3.66. The number of aryl methyl sites for hydroxylation is 3. The highest BCUT2D eigenvalue weighted by atomic mass is 35.5. The van der Waals surface area contributed by atoms with Crippen LogP contribution in [0.25, 0.3) is 0 Å². The minimum absolute atomic E-state index is 0.314. The summed E-state index contributed by atoms with van der Waals surface area (Å²) in [4.78, 5) is 2.33. The molecule has 0 fully saturated rings. The fourth-order valence-electron chi connectivity index (χ4n) is 3.21. The molecule has 0 amide bonds. The molecular formula is C16H24ClN5O2. The molecule has 0 bridgehead atoms. The summed E-state index contributed by atoms with van der Waals surface area (Å²) in [5, 5.41) is 28.5. The fourth-order valence-corrected chi connectivity index (χ4v) is 3.41. The van der Waals surface area contributed by atoms with Crippen LogP contribution < -0.4 is 0 Å². The molecule has 0 spiro atoms. The smallest absolute Gasteiger partial charge is 0.131 e. The molecule has 2 aromatic heterocycles. The van der Waals surface area contributed by atoms with E-state index in [1.54, 1.807) is 4.68 Å². The van der Waals surface area contributed by atoms with E-state index in [0.717, 1.165) is 56.0 Å². The fraction of sp³-hybridized carbons (Fsp3) is 0.625. The minimum Gasteiger partial charge on any atom is -0.393 e. The van der Waals surface area contributed by atoms with Crippen LogP contribution in [0.3, 0.4) is 0 Å². The zero-order chi connectivity index (χ0) is 17.3. The lowest BCUT2D eigenvalue weighted by Crippen LogP contribution is -2.23. The van der Waals surface area contributed by atoms with Gasteiger partial charge in [0.2, 0.25) is 0 Å². The van der Waals surface area contributed by atoms with E-state index in [1.165, 1.54) is 0 Å². The van der Waals surface area contributed by atoms with Crippen LogP contribution in [0.15, 0.2) is 6.07 Å². The van der Waals surface area contributed by atoms with Crippen LogP contribution in [0.2, 0.25) is 5.15 Å². The van der Waals surface area contributed by atoms with Crippen LogP contribution in [0, 0.1) is 0 Å². The third-order valence-corrected chi connectivity index (χ3v) is 4.97. The number of halogens is 1. The third-order valence-electron chi connectivity index (χ3n) is 4.50. The van der Waals surface area contributed by atoms with E-state index in [0.29, 0.717) is 10.8 Å². The summed E-state index contributed by atoms with van der Waals surface area (Å²) in [5.41, 5.74) is 3.71. The molecule has 7 nitrogen and oxygen atoms in total. The Kier molecular flexibility index (Phi) is 5.24. The Bertz CT molecular complexity index is 712. The van der Waals surface area contributed by atoms with E-state index in [2.05, 4.69) is 22.0 Å². The van der Waals surface area contributed by atoms with Gasteiger partial charge in [-0.25, -0.2) is 0 Å². The van der Waals surface area contributed by atoms with Crippen LogP contribution in [-0.2, 0) is 33.1 Å². The molecule has 0 radical (unpaired) electrons. The zero-order valence-electron chi connectivity index (χ0n) is 14.1. The quantitative estimate of drug-likeness (QED) is 0.846. The van der Waals surface area contributed by atoms with Crippen molar-refractivity contribution in [2.24, 2.45) is 7.05 Å². The van der Waals surface area contributed by atoms with Gasteiger partial charge in [0.1, 0.15) is 11.3 Å². The Balaban J connectivity index is 1.80. The van der Waals surface area contributed by atoms with E-state index in [-0.39, 0.29) is 6.61 Å². The summed E-state index contributed by atoms with van der Waals surface area (Å²) in [6, 6.07) is 1.88. The summed E-state index contributed by atoms with van der Waals surface area (Å²) in [6.45, 7) is 5.02. The van der Waals surface area contributed by atoms with E-state index in [9.17, 15) is 5.11 Å². The minimum atomic E-state index is -0.919. The molecule has 0 saturated heterocycles. The van der Waals surface area contributed by atoms with Gasteiger partial charge in [0.05, 0.1) is 23.7 Å². The largest absolute Gasteiger partial charge is 0.393 e. The molecule has 3 heterocycles. The third kappa shape index (κ3) is 3.35. The maximum absolute atomic E-state index is 9.79. The summed E-state index contributed by atoms with van der Waals surface area (Å²) in [7, 11) is 1.87. The van der Waals surface area contributed by atoms with Gasteiger partial charge < -0.3 is 10.2 Å². The first-order chi connectivity index (χ1) is 11.5. The topological polar surface area (TPSA) is 79.3 Å². The van der Waals surface area contributed by atoms with Crippen molar-refractivity contribution in [3.8, 4) is 0 Å². The number of aromatic nitrogens is 4. The maximum Gasteiger partial charge on any atom is 0.131 e. The summed E-state index contributed by atoms with van der Waals surface area (Å²) in [5.74, 6) is 0. The second-order valence-electron chi connectivity index (χ2n) is 6.24. The van der Waals surface area contributed by atoms with Crippen molar-refractivity contribution >= 4 is 11.6 Å². The lowest BCUT2D eigenvalue weighted by atomic mass is 10.2. The molecule has 3 rings (SSSR count). The first-order valence-corrected chi connectivity index (χ1v) is 8.69. The molecule has 0 unspecified atom stereocenters. The van der Waals surface area contributed by atoms with Crippen molar-refractivity contribution < 1.29 is 10.2 Å². The summed E-state index contributed by atoms with van der Waals surface area (Å²) >= 11 is 6.41. The van der Waals surface area contributed by atoms with Gasteiger partial charge in [-0.15, -0.1) is 0 Å². The van der Waals surface area contributed by atoms with Crippen molar-refractivity contribution in [3.05, 3.63) is 33.9 Å². The number of fused-ring (bicyclic) bond motifs is 1. The Morgan fingerprint density at radius 3 is 2.83 bits per heavy atom. The van der Waals surface area contributed by atoms with Crippen molar-refractivity contribution in [2.75, 3.05) is 13.2 Å². The van der Waals surface area contributed by atoms with Crippen molar-refractivity contribution in [1.82, 2.24) is 24.5 Å². The van der Waals surface area contributed by atoms with Crippen molar-refractivity contribution in [3.63, 3.8) is 0 Å². The Labute approximate surface area is 146 Å². The van der Waals surface area contributed by atoms with E-state index < -0.39 is 6.10 Å².